The lowest BCUT2D eigenvalue weighted by Gasteiger charge is -2.20. The second kappa shape index (κ2) is 6.74. The molecule has 108 valence electrons. The zero-order chi connectivity index (χ0) is 14.5. The molecular formula is C10H15ClF3N5. The lowest BCUT2D eigenvalue weighted by molar-refractivity contribution is -0.143. The van der Waals surface area contributed by atoms with Crippen LogP contribution in [0, 0.1) is 0 Å². The topological polar surface area (TPSA) is 62.7 Å². The van der Waals surface area contributed by atoms with Gasteiger partial charge in [0.1, 0.15) is 6.04 Å². The maximum absolute atomic E-state index is 12.6. The fraction of sp³-hybridized carbons (Fsp3) is 0.700. The largest absolute Gasteiger partial charge is 0.408 e. The molecule has 1 aromatic rings. The first-order chi connectivity index (χ1) is 8.86. The number of alkyl halides is 3. The molecule has 1 aromatic heterocycles. The molecule has 0 aliphatic heterocycles. The van der Waals surface area contributed by atoms with Gasteiger partial charge in [-0.25, -0.2) is 0 Å². The molecule has 0 aliphatic carbocycles. The van der Waals surface area contributed by atoms with Crippen molar-refractivity contribution in [2.75, 3.05) is 17.2 Å². The van der Waals surface area contributed by atoms with Crippen LogP contribution in [-0.2, 0) is 0 Å². The van der Waals surface area contributed by atoms with Crippen LogP contribution in [0.5, 0.6) is 0 Å². The maximum Gasteiger partial charge on any atom is 0.408 e. The number of aromatic nitrogens is 3. The van der Waals surface area contributed by atoms with Crippen molar-refractivity contribution in [3.8, 4) is 0 Å². The highest BCUT2D eigenvalue weighted by Gasteiger charge is 2.38. The van der Waals surface area contributed by atoms with Crippen molar-refractivity contribution in [2.45, 2.75) is 38.9 Å². The Kier molecular flexibility index (Phi) is 5.59. The van der Waals surface area contributed by atoms with E-state index >= 15 is 0 Å². The highest BCUT2D eigenvalue weighted by Crippen LogP contribution is 2.25. The van der Waals surface area contributed by atoms with Crippen molar-refractivity contribution in [1.82, 2.24) is 15.0 Å². The molecule has 9 heteroatoms. The molecule has 0 unspecified atom stereocenters. The van der Waals surface area contributed by atoms with Gasteiger partial charge in [0.2, 0.25) is 17.2 Å². The third-order valence-corrected chi connectivity index (χ3v) is 2.42. The standard InChI is InChI=1S/C10H15ClF3N5/c1-3-5-15-8-17-7(11)18-9(19-8)16-6(4-2)10(12,13)14/h6H,3-5H2,1-2H3,(H2,15,16,17,18,19)/t6-/m1/s1. The molecule has 0 spiro atoms. The second-order valence-corrected chi connectivity index (χ2v) is 4.16. The van der Waals surface area contributed by atoms with Gasteiger partial charge in [-0.3, -0.25) is 0 Å². The van der Waals surface area contributed by atoms with E-state index in [2.05, 4.69) is 25.6 Å². The van der Waals surface area contributed by atoms with Crippen molar-refractivity contribution in [3.05, 3.63) is 5.28 Å². The van der Waals surface area contributed by atoms with E-state index in [0.29, 0.717) is 6.54 Å². The molecule has 19 heavy (non-hydrogen) atoms. The van der Waals surface area contributed by atoms with E-state index in [1.807, 2.05) is 6.92 Å². The Labute approximate surface area is 114 Å². The van der Waals surface area contributed by atoms with Crippen LogP contribution in [0.15, 0.2) is 0 Å². The highest BCUT2D eigenvalue weighted by molar-refractivity contribution is 6.28. The first-order valence-corrected chi connectivity index (χ1v) is 6.23. The first-order valence-electron chi connectivity index (χ1n) is 5.85. The second-order valence-electron chi connectivity index (χ2n) is 3.83. The monoisotopic (exact) mass is 297 g/mol. The van der Waals surface area contributed by atoms with Gasteiger partial charge in [0, 0.05) is 6.54 Å². The summed E-state index contributed by atoms with van der Waals surface area (Å²) in [4.78, 5) is 11.3. The van der Waals surface area contributed by atoms with Crippen LogP contribution in [0.3, 0.4) is 0 Å². The van der Waals surface area contributed by atoms with Gasteiger partial charge in [-0.05, 0) is 24.4 Å². The summed E-state index contributed by atoms with van der Waals surface area (Å²) in [5, 5.41) is 4.89. The van der Waals surface area contributed by atoms with Crippen LogP contribution in [0.25, 0.3) is 0 Å². The van der Waals surface area contributed by atoms with Crippen molar-refractivity contribution in [1.29, 1.82) is 0 Å². The quantitative estimate of drug-likeness (QED) is 0.845. The average Bonchev–Trinajstić information content (AvgIpc) is 2.31. The van der Waals surface area contributed by atoms with Crippen LogP contribution in [-0.4, -0.2) is 33.7 Å². The molecule has 5 nitrogen and oxygen atoms in total. The number of hydrogen-bond donors (Lipinski definition) is 2. The first kappa shape index (κ1) is 15.7. The van der Waals surface area contributed by atoms with E-state index in [0.717, 1.165) is 6.42 Å². The third-order valence-electron chi connectivity index (χ3n) is 2.25. The zero-order valence-electron chi connectivity index (χ0n) is 10.6. The van der Waals surface area contributed by atoms with E-state index in [1.165, 1.54) is 6.92 Å². The van der Waals surface area contributed by atoms with Gasteiger partial charge >= 0.3 is 6.18 Å². The molecule has 0 saturated heterocycles. The molecule has 2 N–H and O–H groups in total. The molecule has 0 bridgehead atoms. The molecule has 1 atom stereocenters. The number of nitrogens with one attached hydrogen (secondary N) is 2. The summed E-state index contributed by atoms with van der Waals surface area (Å²) in [6, 6.07) is -1.72. The van der Waals surface area contributed by atoms with E-state index in [4.69, 9.17) is 11.6 Å². The molecule has 0 aromatic carbocycles. The lowest BCUT2D eigenvalue weighted by atomic mass is 10.2. The molecule has 0 radical (unpaired) electrons. The number of halogens is 4. The fourth-order valence-electron chi connectivity index (χ4n) is 1.30. The minimum Gasteiger partial charge on any atom is -0.354 e. The van der Waals surface area contributed by atoms with E-state index in [9.17, 15) is 13.2 Å². The molecule has 1 heterocycles. The molecule has 0 aliphatic rings. The van der Waals surface area contributed by atoms with Crippen molar-refractivity contribution < 1.29 is 13.2 Å². The third kappa shape index (κ3) is 5.06. The Morgan fingerprint density at radius 3 is 2.32 bits per heavy atom. The summed E-state index contributed by atoms with van der Waals surface area (Å²) in [5.74, 6) is -0.0378. The van der Waals surface area contributed by atoms with Crippen molar-refractivity contribution >= 4 is 23.5 Å². The Balaban J connectivity index is 2.85. The van der Waals surface area contributed by atoms with Gasteiger partial charge < -0.3 is 10.6 Å². The summed E-state index contributed by atoms with van der Waals surface area (Å²) in [6.07, 6.45) is -3.68. The Bertz CT molecular complexity index is 413. The maximum atomic E-state index is 12.6. The molecule has 1 rings (SSSR count). The predicted molar refractivity (Wildman–Crippen MR) is 67.4 cm³/mol. The molecule has 0 amide bonds. The number of nitrogens with zero attached hydrogens (tertiary/aromatic N) is 3. The summed E-state index contributed by atoms with van der Waals surface area (Å²) in [7, 11) is 0. The van der Waals surface area contributed by atoms with Crippen LogP contribution in [0.2, 0.25) is 5.28 Å². The Morgan fingerprint density at radius 2 is 1.79 bits per heavy atom. The summed E-state index contributed by atoms with van der Waals surface area (Å²) in [5.41, 5.74) is 0. The average molecular weight is 298 g/mol. The van der Waals surface area contributed by atoms with E-state index < -0.39 is 12.2 Å². The van der Waals surface area contributed by atoms with Gasteiger partial charge in [-0.2, -0.15) is 28.1 Å². The number of hydrogen-bond acceptors (Lipinski definition) is 5. The zero-order valence-corrected chi connectivity index (χ0v) is 11.3. The SMILES string of the molecule is CCCNc1nc(Cl)nc(N[C@H](CC)C(F)(F)F)n1. The van der Waals surface area contributed by atoms with Crippen LogP contribution in [0.1, 0.15) is 26.7 Å². The van der Waals surface area contributed by atoms with Gasteiger partial charge in [-0.1, -0.05) is 13.8 Å². The summed E-state index contributed by atoms with van der Waals surface area (Å²) >= 11 is 5.65. The summed E-state index contributed by atoms with van der Waals surface area (Å²) in [6.45, 7) is 3.95. The summed E-state index contributed by atoms with van der Waals surface area (Å²) < 4.78 is 37.9. The van der Waals surface area contributed by atoms with Gasteiger partial charge in [0.25, 0.3) is 0 Å². The minimum atomic E-state index is -4.37. The molecule has 0 fully saturated rings. The van der Waals surface area contributed by atoms with Crippen LogP contribution in [0.4, 0.5) is 25.1 Å². The Hall–Kier alpha value is -1.31. The van der Waals surface area contributed by atoms with E-state index in [1.54, 1.807) is 0 Å². The van der Waals surface area contributed by atoms with Crippen molar-refractivity contribution in [2.24, 2.45) is 0 Å². The number of rotatable bonds is 6. The molecule has 0 saturated carbocycles. The highest BCUT2D eigenvalue weighted by atomic mass is 35.5. The van der Waals surface area contributed by atoms with Gasteiger partial charge in [-0.15, -0.1) is 0 Å². The smallest absolute Gasteiger partial charge is 0.354 e. The lowest BCUT2D eigenvalue weighted by Crippen LogP contribution is -2.36. The number of anilines is 2. The Morgan fingerprint density at radius 1 is 1.16 bits per heavy atom. The normalized spacial score (nSPS) is 13.2. The van der Waals surface area contributed by atoms with E-state index in [-0.39, 0.29) is 23.6 Å². The molecular weight excluding hydrogens is 283 g/mol. The fourth-order valence-corrected chi connectivity index (χ4v) is 1.46. The van der Waals surface area contributed by atoms with Crippen molar-refractivity contribution in [3.63, 3.8) is 0 Å². The van der Waals surface area contributed by atoms with Crippen LogP contribution >= 0.6 is 11.6 Å². The van der Waals surface area contributed by atoms with Gasteiger partial charge in [0.15, 0.2) is 0 Å². The predicted octanol–water partition coefficient (Wildman–Crippen LogP) is 3.10. The van der Waals surface area contributed by atoms with Crippen LogP contribution < -0.4 is 10.6 Å². The van der Waals surface area contributed by atoms with Gasteiger partial charge in [0.05, 0.1) is 0 Å². The minimum absolute atomic E-state index is 0.134.